The molecule has 0 amide bonds. The Kier molecular flexibility index (Phi) is 3.40. The summed E-state index contributed by atoms with van der Waals surface area (Å²) in [6, 6.07) is 2.53. The first-order chi connectivity index (χ1) is 7.79. The van der Waals surface area contributed by atoms with Crippen LogP contribution < -0.4 is 10.6 Å². The van der Waals surface area contributed by atoms with Crippen LogP contribution in [0, 0.1) is 22.7 Å². The molecule has 0 spiro atoms. The van der Waals surface area contributed by atoms with Gasteiger partial charge in [-0.05, 0) is 12.8 Å². The molecule has 1 aliphatic carbocycles. The molecule has 1 saturated carbocycles. The number of amidine groups is 1. The SMILES string of the molecule is N#CC1CN=C(NC2CCCCC2)NC1=N. The normalized spacial score (nSPS) is 26.6. The molecule has 5 nitrogen and oxygen atoms in total. The van der Waals surface area contributed by atoms with Gasteiger partial charge in [-0.3, -0.25) is 10.4 Å². The molecule has 0 aromatic carbocycles. The number of hydrogen-bond donors (Lipinski definition) is 3. The number of nitrogens with zero attached hydrogens (tertiary/aromatic N) is 2. The van der Waals surface area contributed by atoms with Crippen molar-refractivity contribution < 1.29 is 0 Å². The van der Waals surface area contributed by atoms with Crippen LogP contribution in [0.1, 0.15) is 32.1 Å². The molecule has 2 aliphatic rings. The van der Waals surface area contributed by atoms with Crippen molar-refractivity contribution in [1.29, 1.82) is 10.7 Å². The van der Waals surface area contributed by atoms with E-state index in [1.54, 1.807) is 0 Å². The average Bonchev–Trinajstić information content (AvgIpc) is 2.31. The van der Waals surface area contributed by atoms with Crippen LogP contribution in [-0.2, 0) is 0 Å². The summed E-state index contributed by atoms with van der Waals surface area (Å²) in [7, 11) is 0. The molecule has 3 N–H and O–H groups in total. The van der Waals surface area contributed by atoms with Crippen molar-refractivity contribution >= 4 is 11.8 Å². The van der Waals surface area contributed by atoms with Gasteiger partial charge in [-0.15, -0.1) is 0 Å². The van der Waals surface area contributed by atoms with Gasteiger partial charge in [0.1, 0.15) is 11.8 Å². The zero-order valence-corrected chi connectivity index (χ0v) is 9.29. The van der Waals surface area contributed by atoms with Crippen molar-refractivity contribution in [1.82, 2.24) is 10.6 Å². The van der Waals surface area contributed by atoms with Gasteiger partial charge in [0.05, 0.1) is 12.6 Å². The summed E-state index contributed by atoms with van der Waals surface area (Å²) in [4.78, 5) is 4.26. The van der Waals surface area contributed by atoms with E-state index in [4.69, 9.17) is 10.7 Å². The smallest absolute Gasteiger partial charge is 0.197 e. The van der Waals surface area contributed by atoms with Crippen LogP contribution in [-0.4, -0.2) is 24.4 Å². The van der Waals surface area contributed by atoms with E-state index in [9.17, 15) is 0 Å². The lowest BCUT2D eigenvalue weighted by Gasteiger charge is -2.27. The highest BCUT2D eigenvalue weighted by molar-refractivity contribution is 6.02. The minimum Gasteiger partial charge on any atom is -0.353 e. The maximum absolute atomic E-state index is 8.75. The Balaban J connectivity index is 1.89. The lowest BCUT2D eigenvalue weighted by Crippen LogP contribution is -2.50. The van der Waals surface area contributed by atoms with Crippen LogP contribution in [0.25, 0.3) is 0 Å². The summed E-state index contributed by atoms with van der Waals surface area (Å²) in [6.45, 7) is 0.400. The average molecular weight is 219 g/mol. The lowest BCUT2D eigenvalue weighted by molar-refractivity contribution is 0.410. The summed E-state index contributed by atoms with van der Waals surface area (Å²) in [5, 5.41) is 22.6. The van der Waals surface area contributed by atoms with Crippen molar-refractivity contribution in [2.24, 2.45) is 10.9 Å². The molecule has 0 radical (unpaired) electrons. The van der Waals surface area contributed by atoms with Crippen molar-refractivity contribution in [3.63, 3.8) is 0 Å². The Morgan fingerprint density at radius 2 is 2.12 bits per heavy atom. The minimum atomic E-state index is -0.406. The van der Waals surface area contributed by atoms with Gasteiger partial charge in [0.2, 0.25) is 0 Å². The number of nitriles is 1. The predicted octanol–water partition coefficient (Wildman–Crippen LogP) is 0.985. The van der Waals surface area contributed by atoms with Gasteiger partial charge < -0.3 is 10.6 Å². The van der Waals surface area contributed by atoms with E-state index in [-0.39, 0.29) is 5.84 Å². The van der Waals surface area contributed by atoms with Crippen molar-refractivity contribution in [2.45, 2.75) is 38.1 Å². The van der Waals surface area contributed by atoms with Crippen LogP contribution in [0.15, 0.2) is 4.99 Å². The fourth-order valence-electron chi connectivity index (χ4n) is 2.16. The maximum atomic E-state index is 8.75. The number of guanidine groups is 1. The molecular weight excluding hydrogens is 202 g/mol. The molecule has 2 rings (SSSR count). The highest BCUT2D eigenvalue weighted by Gasteiger charge is 2.22. The minimum absolute atomic E-state index is 0.260. The molecule has 16 heavy (non-hydrogen) atoms. The summed E-state index contributed by atoms with van der Waals surface area (Å²) < 4.78 is 0. The molecule has 5 heteroatoms. The number of rotatable bonds is 1. The van der Waals surface area contributed by atoms with E-state index in [2.05, 4.69) is 21.7 Å². The molecule has 1 heterocycles. The number of aliphatic imine (C=N–C) groups is 1. The van der Waals surface area contributed by atoms with Crippen molar-refractivity contribution in [3.05, 3.63) is 0 Å². The van der Waals surface area contributed by atoms with E-state index in [1.165, 1.54) is 32.1 Å². The topological polar surface area (TPSA) is 84.1 Å². The van der Waals surface area contributed by atoms with Crippen molar-refractivity contribution in [3.8, 4) is 6.07 Å². The van der Waals surface area contributed by atoms with Gasteiger partial charge in [-0.1, -0.05) is 19.3 Å². The zero-order chi connectivity index (χ0) is 11.4. The third kappa shape index (κ3) is 2.51. The Labute approximate surface area is 95.4 Å². The number of nitrogens with one attached hydrogen (secondary N) is 3. The van der Waals surface area contributed by atoms with E-state index in [0.717, 1.165) is 0 Å². The molecule has 1 unspecified atom stereocenters. The van der Waals surface area contributed by atoms with E-state index in [0.29, 0.717) is 18.5 Å². The molecule has 0 aromatic rings. The fourth-order valence-corrected chi connectivity index (χ4v) is 2.16. The second-order valence-corrected chi connectivity index (χ2v) is 4.39. The summed E-state index contributed by atoms with van der Waals surface area (Å²) in [5.74, 6) is 0.524. The van der Waals surface area contributed by atoms with E-state index in [1.807, 2.05) is 0 Å². The molecular formula is C11H17N5. The highest BCUT2D eigenvalue weighted by Crippen LogP contribution is 2.17. The van der Waals surface area contributed by atoms with Gasteiger partial charge in [-0.2, -0.15) is 5.26 Å². The molecule has 1 fully saturated rings. The summed E-state index contributed by atoms with van der Waals surface area (Å²) >= 11 is 0. The van der Waals surface area contributed by atoms with Gasteiger partial charge in [0, 0.05) is 6.04 Å². The first-order valence-corrected chi connectivity index (χ1v) is 5.85. The molecule has 0 saturated heterocycles. The van der Waals surface area contributed by atoms with Crippen LogP contribution in [0.5, 0.6) is 0 Å². The Morgan fingerprint density at radius 3 is 2.75 bits per heavy atom. The van der Waals surface area contributed by atoms with E-state index >= 15 is 0 Å². The van der Waals surface area contributed by atoms with E-state index < -0.39 is 5.92 Å². The van der Waals surface area contributed by atoms with Crippen LogP contribution in [0.2, 0.25) is 0 Å². The Morgan fingerprint density at radius 1 is 1.38 bits per heavy atom. The highest BCUT2D eigenvalue weighted by atomic mass is 15.2. The largest absolute Gasteiger partial charge is 0.353 e. The standard InChI is InChI=1S/C11H17N5/c12-6-8-7-14-11(16-10(8)13)15-9-4-2-1-3-5-9/h8-9H,1-5,7H2,(H3,13,14,15,16). The second kappa shape index (κ2) is 4.97. The molecule has 0 aromatic heterocycles. The molecule has 1 aliphatic heterocycles. The fraction of sp³-hybridized carbons (Fsp3) is 0.727. The van der Waals surface area contributed by atoms with Gasteiger partial charge in [0.25, 0.3) is 0 Å². The Hall–Kier alpha value is -1.57. The molecule has 1 atom stereocenters. The van der Waals surface area contributed by atoms with Crippen LogP contribution in [0.4, 0.5) is 0 Å². The van der Waals surface area contributed by atoms with Crippen LogP contribution >= 0.6 is 0 Å². The lowest BCUT2D eigenvalue weighted by atomic mass is 9.95. The predicted molar refractivity (Wildman–Crippen MR) is 62.3 cm³/mol. The summed E-state index contributed by atoms with van der Waals surface area (Å²) in [6.07, 6.45) is 6.21. The van der Waals surface area contributed by atoms with Gasteiger partial charge in [-0.25, -0.2) is 0 Å². The third-order valence-electron chi connectivity index (χ3n) is 3.14. The summed E-state index contributed by atoms with van der Waals surface area (Å²) in [5.41, 5.74) is 0. The quantitative estimate of drug-likeness (QED) is 0.614. The maximum Gasteiger partial charge on any atom is 0.197 e. The Bertz CT molecular complexity index is 335. The van der Waals surface area contributed by atoms with Crippen LogP contribution in [0.3, 0.4) is 0 Å². The van der Waals surface area contributed by atoms with Gasteiger partial charge in [0.15, 0.2) is 5.96 Å². The first kappa shape index (κ1) is 10.9. The third-order valence-corrected chi connectivity index (χ3v) is 3.14. The second-order valence-electron chi connectivity index (χ2n) is 4.39. The van der Waals surface area contributed by atoms with Crippen molar-refractivity contribution in [2.75, 3.05) is 6.54 Å². The monoisotopic (exact) mass is 219 g/mol. The molecule has 0 bridgehead atoms. The molecule has 86 valence electrons. The van der Waals surface area contributed by atoms with Gasteiger partial charge >= 0.3 is 0 Å². The zero-order valence-electron chi connectivity index (χ0n) is 9.29. The first-order valence-electron chi connectivity index (χ1n) is 5.85. The number of hydrogen-bond acceptors (Lipinski definition) is 4.